The molecule has 2 aromatic rings. The van der Waals surface area contributed by atoms with E-state index in [0.717, 1.165) is 26.2 Å². The Hall–Kier alpha value is -2.25. The van der Waals surface area contributed by atoms with Gasteiger partial charge in [-0.2, -0.15) is 0 Å². The van der Waals surface area contributed by atoms with Gasteiger partial charge >= 0.3 is 6.03 Å². The smallest absolute Gasteiger partial charge is 0.287 e. The molecule has 0 aliphatic carbocycles. The number of rotatable bonds is 3. The monoisotopic (exact) mass is 386 g/mol. The van der Waals surface area contributed by atoms with Crippen molar-refractivity contribution in [3.63, 3.8) is 0 Å². The van der Waals surface area contributed by atoms with E-state index in [1.165, 1.54) is 0 Å². The van der Waals surface area contributed by atoms with Crippen molar-refractivity contribution in [3.8, 4) is 0 Å². The van der Waals surface area contributed by atoms with Crippen molar-refractivity contribution in [1.29, 1.82) is 0 Å². The molecular weight excluding hydrogens is 368 g/mol. The first-order valence-corrected chi connectivity index (χ1v) is 10.7. The summed E-state index contributed by atoms with van der Waals surface area (Å²) in [6.45, 7) is 2.42. The van der Waals surface area contributed by atoms with Crippen molar-refractivity contribution < 1.29 is 13.2 Å². The van der Waals surface area contributed by atoms with Gasteiger partial charge < -0.3 is 0 Å². The van der Waals surface area contributed by atoms with E-state index in [9.17, 15) is 13.2 Å². The van der Waals surface area contributed by atoms with Crippen LogP contribution in [0.4, 0.5) is 4.79 Å². The van der Waals surface area contributed by atoms with E-state index < -0.39 is 22.1 Å². The number of benzene rings is 2. The fourth-order valence-electron chi connectivity index (χ4n) is 3.16. The number of sulfonamides is 1. The molecule has 1 saturated heterocycles. The molecule has 0 radical (unpaired) electrons. The molecule has 2 amide bonds. The lowest BCUT2D eigenvalue weighted by atomic mass is 10.1. The van der Waals surface area contributed by atoms with Gasteiger partial charge in [-0.05, 0) is 30.7 Å². The third kappa shape index (κ3) is 2.81. The van der Waals surface area contributed by atoms with Crippen molar-refractivity contribution in [2.75, 3.05) is 12.3 Å². The average molecular weight is 386 g/mol. The predicted molar refractivity (Wildman–Crippen MR) is 102 cm³/mol. The molecule has 1 atom stereocenters. The summed E-state index contributed by atoms with van der Waals surface area (Å²) in [5.41, 5.74) is 1.74. The predicted octanol–water partition coefficient (Wildman–Crippen LogP) is 3.75. The number of amides is 2. The van der Waals surface area contributed by atoms with Crippen molar-refractivity contribution in [1.82, 2.24) is 9.21 Å². The van der Waals surface area contributed by atoms with Crippen molar-refractivity contribution in [2.24, 2.45) is 0 Å². The lowest BCUT2D eigenvalue weighted by Crippen LogP contribution is -2.48. The van der Waals surface area contributed by atoms with Gasteiger partial charge in [0.05, 0.1) is 16.0 Å². The molecule has 0 N–H and O–H groups in total. The SMILES string of the molecule is Cc1ccc(S(=O)(=O)N2C(=O)N3CCSC3=CC2c2ccccc2)cc1. The van der Waals surface area contributed by atoms with Gasteiger partial charge in [-0.1, -0.05) is 48.0 Å². The highest BCUT2D eigenvalue weighted by molar-refractivity contribution is 8.03. The van der Waals surface area contributed by atoms with Gasteiger partial charge in [0, 0.05) is 12.3 Å². The average Bonchev–Trinajstić information content (AvgIpc) is 3.11. The number of fused-ring (bicyclic) bond motifs is 1. The first-order chi connectivity index (χ1) is 12.5. The van der Waals surface area contributed by atoms with Crippen molar-refractivity contribution in [2.45, 2.75) is 17.9 Å². The Morgan fingerprint density at radius 3 is 2.42 bits per heavy atom. The first kappa shape index (κ1) is 17.2. The van der Waals surface area contributed by atoms with E-state index in [0.29, 0.717) is 6.54 Å². The van der Waals surface area contributed by atoms with Crippen LogP contribution >= 0.6 is 11.8 Å². The quantitative estimate of drug-likeness (QED) is 0.806. The van der Waals surface area contributed by atoms with Crippen LogP contribution in [0.25, 0.3) is 0 Å². The highest BCUT2D eigenvalue weighted by atomic mass is 32.2. The highest BCUT2D eigenvalue weighted by Crippen LogP contribution is 2.41. The number of carbonyl (C=O) groups is 1. The summed E-state index contributed by atoms with van der Waals surface area (Å²) in [5, 5.41) is 0.833. The molecule has 1 fully saturated rings. The molecule has 26 heavy (non-hydrogen) atoms. The third-order valence-electron chi connectivity index (χ3n) is 4.52. The first-order valence-electron chi connectivity index (χ1n) is 8.30. The number of carbonyl (C=O) groups excluding carboxylic acids is 1. The zero-order chi connectivity index (χ0) is 18.3. The summed E-state index contributed by atoms with van der Waals surface area (Å²) in [4.78, 5) is 14.8. The Morgan fingerprint density at radius 2 is 1.73 bits per heavy atom. The molecule has 2 aromatic carbocycles. The molecule has 4 rings (SSSR count). The minimum absolute atomic E-state index is 0.126. The Kier molecular flexibility index (Phi) is 4.28. The molecule has 0 bridgehead atoms. The van der Waals surface area contributed by atoms with Gasteiger partial charge in [0.1, 0.15) is 0 Å². The van der Waals surface area contributed by atoms with Gasteiger partial charge in [0.2, 0.25) is 0 Å². The number of urea groups is 1. The second-order valence-electron chi connectivity index (χ2n) is 6.26. The number of aryl methyl sites for hydroxylation is 1. The molecule has 0 aromatic heterocycles. The van der Waals surface area contributed by atoms with E-state index in [1.807, 2.05) is 43.3 Å². The summed E-state index contributed by atoms with van der Waals surface area (Å²) >= 11 is 1.58. The van der Waals surface area contributed by atoms with Crippen LogP contribution in [0.5, 0.6) is 0 Å². The number of hydrogen-bond donors (Lipinski definition) is 0. The summed E-state index contributed by atoms with van der Waals surface area (Å²) in [6, 6.07) is 14.7. The Morgan fingerprint density at radius 1 is 1.04 bits per heavy atom. The lowest BCUT2D eigenvalue weighted by Gasteiger charge is -2.37. The molecule has 7 heteroatoms. The van der Waals surface area contributed by atoms with Gasteiger partial charge in [0.15, 0.2) is 0 Å². The maximum atomic E-state index is 13.3. The summed E-state index contributed by atoms with van der Waals surface area (Å²) < 4.78 is 27.7. The molecule has 1 unspecified atom stereocenters. The van der Waals surface area contributed by atoms with Gasteiger partial charge in [-0.25, -0.2) is 17.5 Å². The molecule has 0 spiro atoms. The zero-order valence-corrected chi connectivity index (χ0v) is 15.8. The molecule has 5 nitrogen and oxygen atoms in total. The molecular formula is C19H18N2O3S2. The second kappa shape index (κ2) is 6.48. The summed E-state index contributed by atoms with van der Waals surface area (Å²) in [6.07, 6.45) is 1.88. The van der Waals surface area contributed by atoms with Crippen LogP contribution in [0, 0.1) is 6.92 Å². The largest absolute Gasteiger partial charge is 0.339 e. The number of nitrogens with zero attached hydrogens (tertiary/aromatic N) is 2. The Bertz CT molecular complexity index is 970. The molecule has 2 aliphatic rings. The normalized spacial score (nSPS) is 20.1. The third-order valence-corrected chi connectivity index (χ3v) is 7.33. The van der Waals surface area contributed by atoms with E-state index in [1.54, 1.807) is 40.9 Å². The van der Waals surface area contributed by atoms with Crippen LogP contribution in [-0.2, 0) is 10.0 Å². The van der Waals surface area contributed by atoms with Crippen molar-refractivity contribution in [3.05, 3.63) is 76.8 Å². The molecule has 2 aliphatic heterocycles. The standard InChI is InChI=1S/C19H18N2O3S2/c1-14-7-9-16(10-8-14)26(23,24)21-17(15-5-3-2-4-6-15)13-18-20(19(21)22)11-12-25-18/h2-10,13,17H,11-12H2,1H3. The van der Waals surface area contributed by atoms with Crippen LogP contribution < -0.4 is 0 Å². The van der Waals surface area contributed by atoms with Crippen LogP contribution in [0.3, 0.4) is 0 Å². The zero-order valence-electron chi connectivity index (χ0n) is 14.2. The lowest BCUT2D eigenvalue weighted by molar-refractivity contribution is 0.185. The van der Waals surface area contributed by atoms with E-state index in [2.05, 4.69) is 0 Å². The highest BCUT2D eigenvalue weighted by Gasteiger charge is 2.44. The molecule has 0 saturated carbocycles. The van der Waals surface area contributed by atoms with E-state index >= 15 is 0 Å². The minimum Gasteiger partial charge on any atom is -0.287 e. The number of thioether (sulfide) groups is 1. The van der Waals surface area contributed by atoms with Crippen molar-refractivity contribution >= 4 is 27.8 Å². The second-order valence-corrected chi connectivity index (χ2v) is 9.19. The molecule has 134 valence electrons. The Balaban J connectivity index is 1.86. The van der Waals surface area contributed by atoms with Gasteiger partial charge in [0.25, 0.3) is 10.0 Å². The fraction of sp³-hybridized carbons (Fsp3) is 0.211. The van der Waals surface area contributed by atoms with Gasteiger partial charge in [-0.15, -0.1) is 11.8 Å². The topological polar surface area (TPSA) is 57.7 Å². The van der Waals surface area contributed by atoms with Crippen LogP contribution in [0.2, 0.25) is 0 Å². The van der Waals surface area contributed by atoms with E-state index in [4.69, 9.17) is 0 Å². The maximum absolute atomic E-state index is 13.3. The maximum Gasteiger partial charge on any atom is 0.339 e. The van der Waals surface area contributed by atoms with E-state index in [-0.39, 0.29) is 4.90 Å². The molecule has 2 heterocycles. The minimum atomic E-state index is -3.98. The number of hydrogen-bond acceptors (Lipinski definition) is 4. The van der Waals surface area contributed by atoms with Crippen LogP contribution in [0.15, 0.2) is 70.6 Å². The van der Waals surface area contributed by atoms with Gasteiger partial charge in [-0.3, -0.25) is 4.90 Å². The summed E-state index contributed by atoms with van der Waals surface area (Å²) in [7, 11) is -3.98. The van der Waals surface area contributed by atoms with Crippen LogP contribution in [0.1, 0.15) is 17.2 Å². The summed E-state index contributed by atoms with van der Waals surface area (Å²) in [5.74, 6) is 0.775. The Labute approximate surface area is 157 Å². The fourth-order valence-corrected chi connectivity index (χ4v) is 5.68. The van der Waals surface area contributed by atoms with Crippen LogP contribution in [-0.4, -0.2) is 36.0 Å².